The molecule has 1 nitrogen and oxygen atoms in total. The number of Topliss-reactive ketones (excluding diaryl/α,β-unsaturated/α-hetero) is 1. The largest absolute Gasteiger partial charge is 0.297 e. The van der Waals surface area contributed by atoms with Gasteiger partial charge in [0.2, 0.25) is 0 Å². The van der Waals surface area contributed by atoms with Gasteiger partial charge in [-0.2, -0.15) is 0 Å². The molecule has 148 valence electrons. The van der Waals surface area contributed by atoms with Crippen LogP contribution < -0.4 is 0 Å². The highest BCUT2D eigenvalue weighted by Gasteiger charge is 2.37. The van der Waals surface area contributed by atoms with Crippen molar-refractivity contribution in [2.45, 2.75) is 60.8 Å². The van der Waals surface area contributed by atoms with Gasteiger partial charge in [0.25, 0.3) is 0 Å². The predicted octanol–water partition coefficient (Wildman–Crippen LogP) is 7.94. The highest BCUT2D eigenvalue weighted by molar-refractivity contribution is 8.19. The molecule has 0 bridgehead atoms. The number of rotatable bonds is 10. The van der Waals surface area contributed by atoms with Crippen LogP contribution in [0.2, 0.25) is 0 Å². The molecule has 0 aliphatic rings. The van der Waals surface area contributed by atoms with Crippen molar-refractivity contribution < 1.29 is 4.79 Å². The fourth-order valence-electron chi connectivity index (χ4n) is 2.75. The summed E-state index contributed by atoms with van der Waals surface area (Å²) in [4.78, 5) is 15.2. The van der Waals surface area contributed by atoms with E-state index >= 15 is 0 Å². The van der Waals surface area contributed by atoms with Gasteiger partial charge in [-0.05, 0) is 71.2 Å². The topological polar surface area (TPSA) is 17.1 Å². The minimum Gasteiger partial charge on any atom is -0.297 e. The van der Waals surface area contributed by atoms with Gasteiger partial charge in [0.15, 0.2) is 5.78 Å². The first-order valence-corrected chi connectivity index (χ1v) is 11.3. The van der Waals surface area contributed by atoms with Gasteiger partial charge in [0.05, 0.1) is 0 Å². The number of hydrogen-bond donors (Lipinski definition) is 0. The summed E-state index contributed by atoms with van der Waals surface area (Å²) in [5.41, 5.74) is 2.69. The van der Waals surface area contributed by atoms with E-state index < -0.39 is 4.08 Å². The summed E-state index contributed by atoms with van der Waals surface area (Å²) in [5.74, 6) is 0.198. The lowest BCUT2D eigenvalue weighted by molar-refractivity contribution is -0.117. The molecular weight excluding hydrogens is 380 g/mol. The van der Waals surface area contributed by atoms with Crippen molar-refractivity contribution in [1.29, 1.82) is 0 Å². The van der Waals surface area contributed by atoms with Crippen molar-refractivity contribution >= 4 is 29.3 Å². The van der Waals surface area contributed by atoms with Crippen LogP contribution in [0.1, 0.15) is 47.0 Å². The van der Waals surface area contributed by atoms with Crippen LogP contribution in [0, 0.1) is 0 Å². The Morgan fingerprint density at radius 2 is 1.32 bits per heavy atom. The number of carbonyl (C=O) groups excluding carboxylic acids is 1. The lowest BCUT2D eigenvalue weighted by Gasteiger charge is -2.29. The maximum atomic E-state index is 12.9. The lowest BCUT2D eigenvalue weighted by Crippen LogP contribution is -2.29. The SMILES string of the molecule is CC(=O)C(C/C=C(/C)CCC=C(C)C)(Sc1ccccc1)Sc1ccccc1. The van der Waals surface area contributed by atoms with Gasteiger partial charge in [-0.3, -0.25) is 4.79 Å². The van der Waals surface area contributed by atoms with E-state index in [4.69, 9.17) is 0 Å². The molecule has 28 heavy (non-hydrogen) atoms. The second-order valence-electron chi connectivity index (χ2n) is 7.21. The van der Waals surface area contributed by atoms with E-state index in [1.54, 1.807) is 30.4 Å². The number of carbonyl (C=O) groups is 1. The fourth-order valence-corrected chi connectivity index (χ4v) is 5.46. The number of ketones is 1. The molecule has 0 fully saturated rings. The highest BCUT2D eigenvalue weighted by Crippen LogP contribution is 2.49. The fraction of sp³-hybridized carbons (Fsp3) is 0.320. The van der Waals surface area contributed by atoms with E-state index in [1.807, 2.05) is 36.4 Å². The Morgan fingerprint density at radius 1 is 0.821 bits per heavy atom. The van der Waals surface area contributed by atoms with Crippen molar-refractivity contribution in [1.82, 2.24) is 0 Å². The summed E-state index contributed by atoms with van der Waals surface area (Å²) in [6.07, 6.45) is 7.32. The third-order valence-corrected chi connectivity index (χ3v) is 7.48. The van der Waals surface area contributed by atoms with Crippen LogP contribution >= 0.6 is 23.5 Å². The van der Waals surface area contributed by atoms with E-state index in [2.05, 4.69) is 57.2 Å². The Balaban J connectivity index is 2.27. The normalized spacial score (nSPS) is 11.9. The Kier molecular flexibility index (Phi) is 9.14. The van der Waals surface area contributed by atoms with Crippen LogP contribution in [0.3, 0.4) is 0 Å². The molecule has 0 atom stereocenters. The van der Waals surface area contributed by atoms with Crippen LogP contribution in [0.25, 0.3) is 0 Å². The maximum absolute atomic E-state index is 12.9. The molecule has 2 aromatic rings. The molecule has 0 radical (unpaired) electrons. The van der Waals surface area contributed by atoms with E-state index in [0.29, 0.717) is 6.42 Å². The summed E-state index contributed by atoms with van der Waals surface area (Å²) in [6, 6.07) is 20.5. The summed E-state index contributed by atoms with van der Waals surface area (Å²) in [7, 11) is 0. The average Bonchev–Trinajstić information content (AvgIpc) is 2.67. The Morgan fingerprint density at radius 3 is 1.75 bits per heavy atom. The molecule has 0 amide bonds. The first-order chi connectivity index (χ1) is 13.4. The maximum Gasteiger partial charge on any atom is 0.156 e. The van der Waals surface area contributed by atoms with E-state index in [-0.39, 0.29) is 5.78 Å². The van der Waals surface area contributed by atoms with Crippen LogP contribution in [0.4, 0.5) is 0 Å². The van der Waals surface area contributed by atoms with Crippen molar-refractivity contribution in [2.24, 2.45) is 0 Å². The molecule has 0 saturated heterocycles. The Bertz CT molecular complexity index is 761. The molecule has 0 aliphatic heterocycles. The zero-order valence-corrected chi connectivity index (χ0v) is 18.9. The Labute approximate surface area is 178 Å². The molecule has 0 heterocycles. The highest BCUT2D eigenvalue weighted by atomic mass is 32.2. The minimum atomic E-state index is -0.569. The molecule has 2 aromatic carbocycles. The molecule has 0 aliphatic carbocycles. The van der Waals surface area contributed by atoms with Gasteiger partial charge in [-0.1, -0.05) is 83.2 Å². The van der Waals surface area contributed by atoms with Gasteiger partial charge in [-0.15, -0.1) is 0 Å². The Hall–Kier alpha value is -1.71. The monoisotopic (exact) mass is 410 g/mol. The first kappa shape index (κ1) is 22.6. The van der Waals surface area contributed by atoms with Crippen molar-refractivity contribution in [3.8, 4) is 0 Å². The third kappa shape index (κ3) is 7.37. The molecule has 0 unspecified atom stereocenters. The first-order valence-electron chi connectivity index (χ1n) is 9.69. The van der Waals surface area contributed by atoms with E-state index in [0.717, 1.165) is 22.6 Å². The summed E-state index contributed by atoms with van der Waals surface area (Å²) < 4.78 is -0.569. The van der Waals surface area contributed by atoms with Crippen LogP contribution in [-0.4, -0.2) is 9.86 Å². The summed E-state index contributed by atoms with van der Waals surface area (Å²) >= 11 is 3.33. The zero-order chi connectivity index (χ0) is 20.4. The molecule has 0 saturated carbocycles. The second-order valence-corrected chi connectivity index (χ2v) is 10.2. The number of hydrogen-bond acceptors (Lipinski definition) is 3. The van der Waals surface area contributed by atoms with E-state index in [1.165, 1.54) is 11.1 Å². The van der Waals surface area contributed by atoms with Gasteiger partial charge in [0, 0.05) is 9.79 Å². The smallest absolute Gasteiger partial charge is 0.156 e. The quantitative estimate of drug-likeness (QED) is 0.225. The van der Waals surface area contributed by atoms with Gasteiger partial charge < -0.3 is 0 Å². The zero-order valence-electron chi connectivity index (χ0n) is 17.3. The predicted molar refractivity (Wildman–Crippen MR) is 125 cm³/mol. The third-order valence-electron chi connectivity index (χ3n) is 4.40. The number of thioether (sulfide) groups is 2. The molecule has 0 aromatic heterocycles. The van der Waals surface area contributed by atoms with Gasteiger partial charge >= 0.3 is 0 Å². The average molecular weight is 411 g/mol. The lowest BCUT2D eigenvalue weighted by atomic mass is 10.1. The van der Waals surface area contributed by atoms with Crippen LogP contribution in [-0.2, 0) is 4.79 Å². The molecular formula is C25H30OS2. The minimum absolute atomic E-state index is 0.198. The summed E-state index contributed by atoms with van der Waals surface area (Å²) in [5, 5.41) is 0. The van der Waals surface area contributed by atoms with Crippen molar-refractivity contribution in [3.63, 3.8) is 0 Å². The van der Waals surface area contributed by atoms with Crippen molar-refractivity contribution in [3.05, 3.63) is 84.0 Å². The molecule has 3 heteroatoms. The molecule has 0 spiro atoms. The second kappa shape index (κ2) is 11.3. The van der Waals surface area contributed by atoms with Crippen molar-refractivity contribution in [2.75, 3.05) is 0 Å². The number of allylic oxidation sites excluding steroid dienone is 4. The number of benzene rings is 2. The van der Waals surface area contributed by atoms with E-state index in [9.17, 15) is 4.79 Å². The standard InChI is InChI=1S/C25H30OS2/c1-20(2)12-11-13-21(3)18-19-25(22(4)26,27-23-14-7-5-8-15-23)28-24-16-9-6-10-17-24/h5-10,12,14-18H,11,13,19H2,1-4H3/b21-18-. The van der Waals surface area contributed by atoms with Gasteiger partial charge in [0.1, 0.15) is 4.08 Å². The van der Waals surface area contributed by atoms with Crippen LogP contribution in [0.5, 0.6) is 0 Å². The molecule has 2 rings (SSSR count). The summed E-state index contributed by atoms with van der Waals surface area (Å²) in [6.45, 7) is 8.15. The molecule has 0 N–H and O–H groups in total. The van der Waals surface area contributed by atoms with Gasteiger partial charge in [-0.25, -0.2) is 0 Å². The van der Waals surface area contributed by atoms with Crippen LogP contribution in [0.15, 0.2) is 93.8 Å².